The van der Waals surface area contributed by atoms with E-state index < -0.39 is 17.4 Å². The lowest BCUT2D eigenvalue weighted by atomic mass is 10.1. The van der Waals surface area contributed by atoms with Gasteiger partial charge in [0.25, 0.3) is 0 Å². The Morgan fingerprint density at radius 1 is 1.40 bits per heavy atom. The lowest BCUT2D eigenvalue weighted by Crippen LogP contribution is -1.99. The Balaban J connectivity index is 3.24. The monoisotopic (exact) mass is 205 g/mol. The number of hydrogen-bond donors (Lipinski definition) is 1. The maximum absolute atomic E-state index is 12.6. The summed E-state index contributed by atoms with van der Waals surface area (Å²) in [6, 6.07) is 6.47. The van der Waals surface area contributed by atoms with Crippen LogP contribution in [-0.4, -0.2) is 10.9 Å². The zero-order valence-corrected chi connectivity index (χ0v) is 7.99. The van der Waals surface area contributed by atoms with Crippen LogP contribution in [0.25, 0.3) is 5.76 Å². The van der Waals surface area contributed by atoms with Crippen LogP contribution in [0, 0.1) is 17.1 Å². The van der Waals surface area contributed by atoms with Crippen molar-refractivity contribution in [3.05, 3.63) is 41.2 Å². The van der Waals surface area contributed by atoms with Gasteiger partial charge < -0.3 is 5.11 Å². The van der Waals surface area contributed by atoms with Gasteiger partial charge in [-0.1, -0.05) is 0 Å². The van der Waals surface area contributed by atoms with E-state index in [1.54, 1.807) is 6.07 Å². The Morgan fingerprint density at radius 2 is 1.93 bits per heavy atom. The molecule has 0 bridgehead atoms. The third-order valence-electron chi connectivity index (χ3n) is 1.82. The number of nitrogens with zero attached hydrogens (tertiary/aromatic N) is 1. The molecule has 1 rings (SSSR count). The van der Waals surface area contributed by atoms with Crippen molar-refractivity contribution in [1.29, 1.82) is 5.26 Å². The highest BCUT2D eigenvalue weighted by atomic mass is 19.1. The van der Waals surface area contributed by atoms with Crippen LogP contribution < -0.4 is 0 Å². The number of ketones is 1. The molecule has 0 radical (unpaired) electrons. The second-order valence-corrected chi connectivity index (χ2v) is 2.90. The van der Waals surface area contributed by atoms with Crippen molar-refractivity contribution in [3.63, 3.8) is 0 Å². The Hall–Kier alpha value is -2.15. The fraction of sp³-hybridized carbons (Fsp3) is 0.0909. The molecule has 1 aromatic carbocycles. The maximum atomic E-state index is 12.6. The Kier molecular flexibility index (Phi) is 3.19. The van der Waals surface area contributed by atoms with Gasteiger partial charge in [0.2, 0.25) is 0 Å². The number of nitriles is 1. The molecule has 0 saturated carbocycles. The van der Waals surface area contributed by atoms with Crippen LogP contribution in [-0.2, 0) is 4.79 Å². The van der Waals surface area contributed by atoms with Crippen LogP contribution in [0.15, 0.2) is 29.8 Å². The number of benzene rings is 1. The fourth-order valence-corrected chi connectivity index (χ4v) is 1.05. The molecule has 0 aliphatic carbocycles. The van der Waals surface area contributed by atoms with E-state index >= 15 is 0 Å². The molecule has 0 amide bonds. The van der Waals surface area contributed by atoms with E-state index in [0.717, 1.165) is 12.1 Å². The standard InChI is InChI=1S/C11H8FNO2/c1-7(14)10(6-13)11(15)8-2-4-9(12)5-3-8/h2-5,15H,1H3/b11-10+. The molecule has 76 valence electrons. The van der Waals surface area contributed by atoms with E-state index in [4.69, 9.17) is 5.26 Å². The molecule has 0 aliphatic heterocycles. The quantitative estimate of drug-likeness (QED) is 0.457. The molecule has 0 atom stereocenters. The molecule has 3 nitrogen and oxygen atoms in total. The highest BCUT2D eigenvalue weighted by molar-refractivity contribution is 6.03. The lowest BCUT2D eigenvalue weighted by Gasteiger charge is -2.01. The molecule has 0 heterocycles. The first-order valence-corrected chi connectivity index (χ1v) is 4.16. The van der Waals surface area contributed by atoms with Gasteiger partial charge in [0.15, 0.2) is 5.78 Å². The van der Waals surface area contributed by atoms with Crippen molar-refractivity contribution in [2.75, 3.05) is 0 Å². The molecule has 0 saturated heterocycles. The van der Waals surface area contributed by atoms with E-state index in [-0.39, 0.29) is 11.1 Å². The average molecular weight is 205 g/mol. The SMILES string of the molecule is CC(=O)/C(C#N)=C(/O)c1ccc(F)cc1. The van der Waals surface area contributed by atoms with E-state index in [2.05, 4.69) is 0 Å². The minimum atomic E-state index is -0.528. The van der Waals surface area contributed by atoms with Gasteiger partial charge in [-0.3, -0.25) is 4.79 Å². The fourth-order valence-electron chi connectivity index (χ4n) is 1.05. The summed E-state index contributed by atoms with van der Waals surface area (Å²) in [7, 11) is 0. The normalized spacial score (nSPS) is 11.5. The van der Waals surface area contributed by atoms with Crippen LogP contribution in [0.3, 0.4) is 0 Å². The number of rotatable bonds is 2. The van der Waals surface area contributed by atoms with Crippen LogP contribution in [0.5, 0.6) is 0 Å². The van der Waals surface area contributed by atoms with Crippen molar-refractivity contribution < 1.29 is 14.3 Å². The zero-order chi connectivity index (χ0) is 11.4. The number of carbonyl (C=O) groups is 1. The highest BCUT2D eigenvalue weighted by Crippen LogP contribution is 2.16. The molecule has 4 heteroatoms. The van der Waals surface area contributed by atoms with Crippen LogP contribution in [0.1, 0.15) is 12.5 Å². The Bertz CT molecular complexity index is 454. The third kappa shape index (κ3) is 2.41. The summed E-state index contributed by atoms with van der Waals surface area (Å²) in [4.78, 5) is 10.9. The predicted molar refractivity (Wildman–Crippen MR) is 52.2 cm³/mol. The number of Topliss-reactive ketones (excluding diaryl/α,β-unsaturated/α-hetero) is 1. The number of hydrogen-bond acceptors (Lipinski definition) is 3. The zero-order valence-electron chi connectivity index (χ0n) is 7.99. The molecule has 15 heavy (non-hydrogen) atoms. The summed E-state index contributed by atoms with van der Waals surface area (Å²) in [5.41, 5.74) is -0.0928. The lowest BCUT2D eigenvalue weighted by molar-refractivity contribution is -0.113. The van der Waals surface area contributed by atoms with Gasteiger partial charge >= 0.3 is 0 Å². The van der Waals surface area contributed by atoms with Gasteiger partial charge in [-0.05, 0) is 24.3 Å². The van der Waals surface area contributed by atoms with Crippen molar-refractivity contribution in [2.24, 2.45) is 0 Å². The second-order valence-electron chi connectivity index (χ2n) is 2.90. The molecule has 1 N–H and O–H groups in total. The summed E-state index contributed by atoms with van der Waals surface area (Å²) in [6.07, 6.45) is 0. The van der Waals surface area contributed by atoms with Crippen LogP contribution >= 0.6 is 0 Å². The molecule has 0 aromatic heterocycles. The Morgan fingerprint density at radius 3 is 2.33 bits per heavy atom. The number of aliphatic hydroxyl groups is 1. The highest BCUT2D eigenvalue weighted by Gasteiger charge is 2.11. The minimum Gasteiger partial charge on any atom is -0.506 e. The smallest absolute Gasteiger partial charge is 0.174 e. The van der Waals surface area contributed by atoms with Gasteiger partial charge in [-0.15, -0.1) is 0 Å². The van der Waals surface area contributed by atoms with E-state index in [9.17, 15) is 14.3 Å². The average Bonchev–Trinajstić information content (AvgIpc) is 2.19. The first kappa shape index (κ1) is 10.9. The topological polar surface area (TPSA) is 61.1 Å². The molecule has 1 aromatic rings. The summed E-state index contributed by atoms with van der Waals surface area (Å²) in [5.74, 6) is -1.41. The summed E-state index contributed by atoms with van der Waals surface area (Å²) in [5, 5.41) is 18.2. The van der Waals surface area contributed by atoms with Crippen LogP contribution in [0.2, 0.25) is 0 Å². The van der Waals surface area contributed by atoms with Crippen molar-refractivity contribution in [2.45, 2.75) is 6.92 Å². The summed E-state index contributed by atoms with van der Waals surface area (Å²) < 4.78 is 12.6. The molecule has 0 unspecified atom stereocenters. The number of aliphatic hydroxyl groups excluding tert-OH is 1. The summed E-state index contributed by atoms with van der Waals surface area (Å²) >= 11 is 0. The second kappa shape index (κ2) is 4.38. The number of allylic oxidation sites excluding steroid dienone is 1. The van der Waals surface area contributed by atoms with Crippen molar-refractivity contribution in [3.8, 4) is 6.07 Å². The molecular formula is C11H8FNO2. The molecule has 0 aliphatic rings. The number of carbonyl (C=O) groups excluding carboxylic acids is 1. The van der Waals surface area contributed by atoms with E-state index in [1.807, 2.05) is 0 Å². The van der Waals surface area contributed by atoms with E-state index in [1.165, 1.54) is 19.1 Å². The van der Waals surface area contributed by atoms with Gasteiger partial charge in [0.05, 0.1) is 0 Å². The number of halogens is 1. The maximum Gasteiger partial charge on any atom is 0.174 e. The third-order valence-corrected chi connectivity index (χ3v) is 1.82. The first-order valence-electron chi connectivity index (χ1n) is 4.16. The van der Waals surface area contributed by atoms with Gasteiger partial charge in [0, 0.05) is 12.5 Å². The molecular weight excluding hydrogens is 197 g/mol. The first-order chi connectivity index (χ1) is 7.06. The van der Waals surface area contributed by atoms with Crippen LogP contribution in [0.4, 0.5) is 4.39 Å². The minimum absolute atomic E-state index is 0.239. The van der Waals surface area contributed by atoms with E-state index in [0.29, 0.717) is 0 Å². The summed E-state index contributed by atoms with van der Waals surface area (Å²) in [6.45, 7) is 1.18. The molecule has 0 fully saturated rings. The molecule has 0 spiro atoms. The van der Waals surface area contributed by atoms with Crippen molar-refractivity contribution in [1.82, 2.24) is 0 Å². The van der Waals surface area contributed by atoms with Gasteiger partial charge in [0.1, 0.15) is 23.2 Å². The van der Waals surface area contributed by atoms with Gasteiger partial charge in [-0.25, -0.2) is 4.39 Å². The van der Waals surface area contributed by atoms with Crippen molar-refractivity contribution >= 4 is 11.5 Å². The largest absolute Gasteiger partial charge is 0.506 e. The predicted octanol–water partition coefficient (Wildman–Crippen LogP) is 2.21. The van der Waals surface area contributed by atoms with Gasteiger partial charge in [-0.2, -0.15) is 5.26 Å². The Labute approximate surface area is 86.1 Å².